The van der Waals surface area contributed by atoms with Gasteiger partial charge in [0.05, 0.1) is 6.61 Å². The predicted octanol–water partition coefficient (Wildman–Crippen LogP) is 2.89. The third-order valence-corrected chi connectivity index (χ3v) is 2.81. The number of benzene rings is 1. The number of esters is 1. The molecule has 0 radical (unpaired) electrons. The van der Waals surface area contributed by atoms with E-state index in [1.807, 2.05) is 34.9 Å². The number of aromatic nitrogens is 2. The van der Waals surface area contributed by atoms with Crippen molar-refractivity contribution in [1.82, 2.24) is 9.55 Å². The number of hydrogen-bond donors (Lipinski definition) is 0. The molecular formula is C15H18N2O2. The lowest BCUT2D eigenvalue weighted by molar-refractivity contribution is -0.144. The average Bonchev–Trinajstić information content (AvgIpc) is 2.88. The molecule has 1 aromatic heterocycles. The second-order valence-electron chi connectivity index (χ2n) is 4.32. The summed E-state index contributed by atoms with van der Waals surface area (Å²) in [4.78, 5) is 16.0. The average molecular weight is 258 g/mol. The summed E-state index contributed by atoms with van der Waals surface area (Å²) >= 11 is 0. The van der Waals surface area contributed by atoms with Gasteiger partial charge in [-0.25, -0.2) is 4.98 Å². The molecular weight excluding hydrogens is 240 g/mol. The first-order chi connectivity index (χ1) is 9.31. The van der Waals surface area contributed by atoms with Gasteiger partial charge in [0.15, 0.2) is 0 Å². The smallest absolute Gasteiger partial charge is 0.326 e. The Morgan fingerprint density at radius 1 is 1.32 bits per heavy atom. The molecule has 0 fully saturated rings. The molecule has 19 heavy (non-hydrogen) atoms. The number of hydrogen-bond acceptors (Lipinski definition) is 3. The van der Waals surface area contributed by atoms with Gasteiger partial charge in [-0.2, -0.15) is 0 Å². The third-order valence-electron chi connectivity index (χ3n) is 2.81. The molecule has 0 saturated carbocycles. The molecule has 4 nitrogen and oxygen atoms in total. The Kier molecular flexibility index (Phi) is 4.72. The van der Waals surface area contributed by atoms with Crippen molar-refractivity contribution in [3.63, 3.8) is 0 Å². The Morgan fingerprint density at radius 3 is 2.84 bits per heavy atom. The van der Waals surface area contributed by atoms with Crippen molar-refractivity contribution >= 4 is 5.97 Å². The fourth-order valence-corrected chi connectivity index (χ4v) is 1.80. The molecule has 0 saturated heterocycles. The second-order valence-corrected chi connectivity index (χ2v) is 4.32. The normalized spacial score (nSPS) is 10.4. The van der Waals surface area contributed by atoms with E-state index in [9.17, 15) is 4.79 Å². The van der Waals surface area contributed by atoms with Crippen LogP contribution in [0, 0.1) is 0 Å². The first-order valence-corrected chi connectivity index (χ1v) is 6.53. The molecule has 0 amide bonds. The van der Waals surface area contributed by atoms with Gasteiger partial charge in [-0.15, -0.1) is 0 Å². The second kappa shape index (κ2) is 6.73. The van der Waals surface area contributed by atoms with Gasteiger partial charge < -0.3 is 9.30 Å². The molecule has 100 valence electrons. The summed E-state index contributed by atoms with van der Waals surface area (Å²) in [5.41, 5.74) is 0.994. The van der Waals surface area contributed by atoms with Gasteiger partial charge in [0, 0.05) is 18.0 Å². The van der Waals surface area contributed by atoms with Crippen LogP contribution in [0.5, 0.6) is 0 Å². The van der Waals surface area contributed by atoms with E-state index < -0.39 is 0 Å². The number of unbranched alkanes of at least 4 members (excludes halogenated alkanes) is 1. The molecule has 2 aromatic rings. The maximum Gasteiger partial charge on any atom is 0.326 e. The quantitative estimate of drug-likeness (QED) is 0.591. The molecule has 0 unspecified atom stereocenters. The van der Waals surface area contributed by atoms with Crippen LogP contribution in [0.3, 0.4) is 0 Å². The maximum absolute atomic E-state index is 11.7. The Labute approximate surface area is 113 Å². The highest BCUT2D eigenvalue weighted by atomic mass is 16.5. The largest absolute Gasteiger partial charge is 0.464 e. The van der Waals surface area contributed by atoms with Crippen LogP contribution in [-0.2, 0) is 16.1 Å². The number of carbonyl (C=O) groups is 1. The van der Waals surface area contributed by atoms with Crippen LogP contribution in [0.25, 0.3) is 11.4 Å². The van der Waals surface area contributed by atoms with Gasteiger partial charge in [-0.05, 0) is 6.42 Å². The molecule has 0 aliphatic rings. The zero-order valence-electron chi connectivity index (χ0n) is 11.1. The zero-order chi connectivity index (χ0) is 13.5. The minimum atomic E-state index is -0.219. The van der Waals surface area contributed by atoms with E-state index in [0.29, 0.717) is 6.61 Å². The molecule has 1 heterocycles. The Morgan fingerprint density at radius 2 is 2.11 bits per heavy atom. The van der Waals surface area contributed by atoms with Gasteiger partial charge in [0.2, 0.25) is 0 Å². The Bertz CT molecular complexity index is 520. The van der Waals surface area contributed by atoms with Gasteiger partial charge in [-0.1, -0.05) is 43.7 Å². The summed E-state index contributed by atoms with van der Waals surface area (Å²) < 4.78 is 6.97. The lowest BCUT2D eigenvalue weighted by atomic mass is 10.2. The van der Waals surface area contributed by atoms with Crippen LogP contribution >= 0.6 is 0 Å². The summed E-state index contributed by atoms with van der Waals surface area (Å²) in [5, 5.41) is 0. The predicted molar refractivity (Wildman–Crippen MR) is 73.5 cm³/mol. The summed E-state index contributed by atoms with van der Waals surface area (Å²) in [5.74, 6) is 0.566. The van der Waals surface area contributed by atoms with Crippen LogP contribution in [0.1, 0.15) is 19.8 Å². The Balaban J connectivity index is 2.02. The molecule has 0 aliphatic carbocycles. The molecule has 1 aromatic carbocycles. The van der Waals surface area contributed by atoms with Gasteiger partial charge in [-0.3, -0.25) is 4.79 Å². The monoisotopic (exact) mass is 258 g/mol. The molecule has 4 heteroatoms. The fraction of sp³-hybridized carbons (Fsp3) is 0.333. The van der Waals surface area contributed by atoms with Crippen LogP contribution in [-0.4, -0.2) is 22.1 Å². The number of rotatable bonds is 6. The number of nitrogens with zero attached hydrogens (tertiary/aromatic N) is 2. The molecule has 0 aliphatic heterocycles. The summed E-state index contributed by atoms with van der Waals surface area (Å²) in [7, 11) is 0. The van der Waals surface area contributed by atoms with Gasteiger partial charge in [0.1, 0.15) is 12.4 Å². The lowest BCUT2D eigenvalue weighted by Crippen LogP contribution is -2.14. The first-order valence-electron chi connectivity index (χ1n) is 6.53. The van der Waals surface area contributed by atoms with Crippen molar-refractivity contribution in [3.05, 3.63) is 42.7 Å². The lowest BCUT2D eigenvalue weighted by Gasteiger charge is -2.08. The van der Waals surface area contributed by atoms with E-state index in [1.165, 1.54) is 0 Å². The van der Waals surface area contributed by atoms with Crippen molar-refractivity contribution in [2.45, 2.75) is 26.3 Å². The van der Waals surface area contributed by atoms with Gasteiger partial charge in [0.25, 0.3) is 0 Å². The van der Waals surface area contributed by atoms with Crippen LogP contribution < -0.4 is 0 Å². The molecule has 0 atom stereocenters. The minimum absolute atomic E-state index is 0.202. The molecule has 0 bridgehead atoms. The summed E-state index contributed by atoms with van der Waals surface area (Å²) in [6.07, 6.45) is 5.42. The zero-order valence-corrected chi connectivity index (χ0v) is 11.1. The van der Waals surface area contributed by atoms with E-state index in [0.717, 1.165) is 24.2 Å². The minimum Gasteiger partial charge on any atom is -0.464 e. The number of carbonyl (C=O) groups excluding carboxylic acids is 1. The van der Waals surface area contributed by atoms with E-state index in [1.54, 1.807) is 12.4 Å². The molecule has 0 spiro atoms. The van der Waals surface area contributed by atoms with E-state index in [-0.39, 0.29) is 12.5 Å². The van der Waals surface area contributed by atoms with E-state index in [4.69, 9.17) is 4.74 Å². The first kappa shape index (κ1) is 13.3. The molecule has 0 N–H and O–H groups in total. The van der Waals surface area contributed by atoms with Crippen molar-refractivity contribution in [1.29, 1.82) is 0 Å². The number of ether oxygens (including phenoxy) is 1. The highest BCUT2D eigenvalue weighted by Crippen LogP contribution is 2.16. The van der Waals surface area contributed by atoms with Crippen molar-refractivity contribution in [2.24, 2.45) is 0 Å². The van der Waals surface area contributed by atoms with Crippen LogP contribution in [0.15, 0.2) is 42.7 Å². The molecule has 2 rings (SSSR count). The topological polar surface area (TPSA) is 44.1 Å². The summed E-state index contributed by atoms with van der Waals surface area (Å²) in [6.45, 7) is 2.76. The van der Waals surface area contributed by atoms with Crippen molar-refractivity contribution in [3.8, 4) is 11.4 Å². The highest BCUT2D eigenvalue weighted by Gasteiger charge is 2.09. The highest BCUT2D eigenvalue weighted by molar-refractivity contribution is 5.70. The summed E-state index contributed by atoms with van der Waals surface area (Å²) in [6, 6.07) is 9.81. The fourth-order valence-electron chi connectivity index (χ4n) is 1.80. The SMILES string of the molecule is CCCCOC(=O)Cn1ccnc1-c1ccccc1. The third kappa shape index (κ3) is 3.68. The van der Waals surface area contributed by atoms with Crippen LogP contribution in [0.4, 0.5) is 0 Å². The van der Waals surface area contributed by atoms with Crippen molar-refractivity contribution in [2.75, 3.05) is 6.61 Å². The Hall–Kier alpha value is -2.10. The van der Waals surface area contributed by atoms with E-state index >= 15 is 0 Å². The number of imidazole rings is 1. The maximum atomic E-state index is 11.7. The van der Waals surface area contributed by atoms with Crippen molar-refractivity contribution < 1.29 is 9.53 Å². The van der Waals surface area contributed by atoms with Gasteiger partial charge >= 0.3 is 5.97 Å². The van der Waals surface area contributed by atoms with E-state index in [2.05, 4.69) is 11.9 Å². The van der Waals surface area contributed by atoms with Crippen LogP contribution in [0.2, 0.25) is 0 Å². The standard InChI is InChI=1S/C15H18N2O2/c1-2-3-11-19-14(18)12-17-10-9-16-15(17)13-7-5-4-6-8-13/h4-10H,2-3,11-12H2,1H3.